The van der Waals surface area contributed by atoms with Crippen molar-refractivity contribution in [3.05, 3.63) is 42.4 Å². The zero-order chi connectivity index (χ0) is 21.5. The highest BCUT2D eigenvalue weighted by Gasteiger charge is 2.19. The third kappa shape index (κ3) is 5.10. The van der Waals surface area contributed by atoms with Gasteiger partial charge in [-0.15, -0.1) is 0 Å². The highest BCUT2D eigenvalue weighted by atomic mass is 16.5. The van der Waals surface area contributed by atoms with Gasteiger partial charge in [0.15, 0.2) is 11.5 Å². The van der Waals surface area contributed by atoms with Gasteiger partial charge in [-0.3, -0.25) is 5.10 Å². The van der Waals surface area contributed by atoms with Crippen LogP contribution < -0.4 is 20.1 Å². The van der Waals surface area contributed by atoms with E-state index in [0.29, 0.717) is 30.8 Å². The Labute approximate surface area is 180 Å². The normalized spacial score (nSPS) is 15.8. The van der Waals surface area contributed by atoms with Crippen molar-refractivity contribution in [3.63, 3.8) is 0 Å². The maximum Gasteiger partial charge on any atom is 0.158 e. The zero-order valence-electron chi connectivity index (χ0n) is 17.4. The Hall–Kier alpha value is -3.64. The lowest BCUT2D eigenvalue weighted by molar-refractivity contribution is 0.218. The fraction of sp³-hybridized carbons (Fsp3) is 0.364. The van der Waals surface area contributed by atoms with Crippen LogP contribution in [0.5, 0.6) is 11.5 Å². The van der Waals surface area contributed by atoms with E-state index in [1.807, 2.05) is 37.3 Å². The molecule has 1 saturated heterocycles. The van der Waals surface area contributed by atoms with E-state index in [-0.39, 0.29) is 5.69 Å². The van der Waals surface area contributed by atoms with Crippen LogP contribution in [0.2, 0.25) is 0 Å². The second-order valence-corrected chi connectivity index (χ2v) is 7.28. The van der Waals surface area contributed by atoms with Crippen LogP contribution in [-0.4, -0.2) is 46.5 Å². The molecule has 1 fully saturated rings. The summed E-state index contributed by atoms with van der Waals surface area (Å²) in [5.74, 6) is 3.05. The first kappa shape index (κ1) is 20.6. The molecule has 1 aromatic carbocycles. The van der Waals surface area contributed by atoms with Crippen LogP contribution in [0.4, 0.5) is 11.6 Å². The molecule has 9 heteroatoms. The van der Waals surface area contributed by atoms with Gasteiger partial charge < -0.3 is 20.1 Å². The number of rotatable bonds is 8. The number of hydrogen-bond acceptors (Lipinski definition) is 8. The van der Waals surface area contributed by atoms with Crippen molar-refractivity contribution in [3.8, 4) is 28.8 Å². The van der Waals surface area contributed by atoms with E-state index in [0.717, 1.165) is 42.3 Å². The molecule has 1 atom stereocenters. The maximum atomic E-state index is 8.85. The van der Waals surface area contributed by atoms with E-state index in [4.69, 9.17) is 14.7 Å². The molecule has 1 aliphatic rings. The molecule has 3 aromatic rings. The molecule has 31 heavy (non-hydrogen) atoms. The predicted molar refractivity (Wildman–Crippen MR) is 116 cm³/mol. The number of nitrogens with one attached hydrogen (secondary N) is 3. The van der Waals surface area contributed by atoms with Crippen LogP contribution in [0, 0.1) is 17.2 Å². The lowest BCUT2D eigenvalue weighted by Gasteiger charge is -2.23. The lowest BCUT2D eigenvalue weighted by Crippen LogP contribution is -2.33. The average Bonchev–Trinajstić information content (AvgIpc) is 3.27. The summed E-state index contributed by atoms with van der Waals surface area (Å²) in [7, 11) is 0. The van der Waals surface area contributed by atoms with Gasteiger partial charge in [-0.1, -0.05) is 6.07 Å². The molecular formula is C22H25N7O2. The Morgan fingerprint density at radius 1 is 1.19 bits per heavy atom. The number of anilines is 2. The van der Waals surface area contributed by atoms with E-state index in [2.05, 4.69) is 30.8 Å². The Kier molecular flexibility index (Phi) is 6.59. The molecule has 0 unspecified atom stereocenters. The topological polar surface area (TPSA) is 121 Å². The second kappa shape index (κ2) is 9.91. The lowest BCUT2D eigenvalue weighted by atomic mass is 10.0. The minimum atomic E-state index is 0.258. The van der Waals surface area contributed by atoms with Crippen molar-refractivity contribution in [1.82, 2.24) is 25.5 Å². The summed E-state index contributed by atoms with van der Waals surface area (Å²) in [6.07, 6.45) is 5.24. The Bertz CT molecular complexity index is 1040. The number of hydrogen-bond donors (Lipinski definition) is 3. The zero-order valence-corrected chi connectivity index (χ0v) is 17.4. The summed E-state index contributed by atoms with van der Waals surface area (Å²) in [5.41, 5.74) is 1.86. The maximum absolute atomic E-state index is 8.85. The van der Waals surface area contributed by atoms with Crippen molar-refractivity contribution in [1.29, 1.82) is 5.26 Å². The fourth-order valence-corrected chi connectivity index (χ4v) is 3.54. The number of nitriles is 1. The van der Waals surface area contributed by atoms with Crippen LogP contribution in [0.25, 0.3) is 11.3 Å². The van der Waals surface area contributed by atoms with E-state index < -0.39 is 0 Å². The Morgan fingerprint density at radius 2 is 2.06 bits per heavy atom. The molecule has 0 bridgehead atoms. The molecule has 3 N–H and O–H groups in total. The van der Waals surface area contributed by atoms with Crippen LogP contribution in [-0.2, 0) is 0 Å². The van der Waals surface area contributed by atoms with Gasteiger partial charge in [0, 0.05) is 18.5 Å². The monoisotopic (exact) mass is 419 g/mol. The van der Waals surface area contributed by atoms with E-state index in [1.54, 1.807) is 0 Å². The first-order valence-corrected chi connectivity index (χ1v) is 10.4. The molecule has 0 amide bonds. The Balaban J connectivity index is 1.56. The second-order valence-electron chi connectivity index (χ2n) is 7.28. The van der Waals surface area contributed by atoms with Gasteiger partial charge in [-0.05, 0) is 38.4 Å². The molecular weight excluding hydrogens is 394 g/mol. The van der Waals surface area contributed by atoms with Crippen molar-refractivity contribution in [2.45, 2.75) is 19.8 Å². The molecule has 9 nitrogen and oxygen atoms in total. The fourth-order valence-electron chi connectivity index (χ4n) is 3.54. The van der Waals surface area contributed by atoms with Crippen molar-refractivity contribution in [2.75, 3.05) is 31.6 Å². The smallest absolute Gasteiger partial charge is 0.158 e. The van der Waals surface area contributed by atoms with Gasteiger partial charge in [0.05, 0.1) is 36.9 Å². The predicted octanol–water partition coefficient (Wildman–Crippen LogP) is 3.26. The van der Waals surface area contributed by atoms with Gasteiger partial charge in [-0.2, -0.15) is 10.4 Å². The number of benzene rings is 1. The van der Waals surface area contributed by atoms with Crippen LogP contribution in [0.15, 0.2) is 36.7 Å². The summed E-state index contributed by atoms with van der Waals surface area (Å²) in [4.78, 5) is 8.18. The number of aromatic nitrogens is 4. The standard InChI is InChI=1S/C22H25N7O2/c1-2-30-18-6-3-7-19(31-14-15-5-4-8-24-11-15)22(18)17-9-20(29-28-17)27-21-13-25-16(10-23)12-26-21/h3,6-7,9,12-13,15,24H,2,4-5,8,11,14H2,1H3,(H2,26,27,28,29)/t15-/m0/s1. The number of ether oxygens (including phenoxy) is 2. The molecule has 0 radical (unpaired) electrons. The molecule has 4 rings (SSSR count). The minimum absolute atomic E-state index is 0.258. The molecule has 1 aliphatic heterocycles. The number of H-pyrrole nitrogens is 1. The molecule has 0 aliphatic carbocycles. The summed E-state index contributed by atoms with van der Waals surface area (Å²) in [6, 6.07) is 9.63. The van der Waals surface area contributed by atoms with Crippen LogP contribution in [0.1, 0.15) is 25.5 Å². The number of nitrogens with zero attached hydrogens (tertiary/aromatic N) is 4. The van der Waals surface area contributed by atoms with E-state index >= 15 is 0 Å². The third-order valence-electron chi connectivity index (χ3n) is 5.03. The van der Waals surface area contributed by atoms with Gasteiger partial charge in [-0.25, -0.2) is 9.97 Å². The third-order valence-corrected chi connectivity index (χ3v) is 5.03. The van der Waals surface area contributed by atoms with E-state index in [1.165, 1.54) is 18.8 Å². The van der Waals surface area contributed by atoms with Crippen molar-refractivity contribution < 1.29 is 9.47 Å². The summed E-state index contributed by atoms with van der Waals surface area (Å²) < 4.78 is 12.1. The average molecular weight is 419 g/mol. The van der Waals surface area contributed by atoms with Gasteiger partial charge in [0.2, 0.25) is 0 Å². The quantitative estimate of drug-likeness (QED) is 0.509. The Morgan fingerprint density at radius 3 is 2.77 bits per heavy atom. The van der Waals surface area contributed by atoms with Gasteiger partial charge in [0.1, 0.15) is 23.4 Å². The molecule has 0 spiro atoms. The molecule has 3 heterocycles. The van der Waals surface area contributed by atoms with Crippen LogP contribution >= 0.6 is 0 Å². The van der Waals surface area contributed by atoms with Gasteiger partial charge >= 0.3 is 0 Å². The largest absolute Gasteiger partial charge is 0.493 e. The first-order valence-electron chi connectivity index (χ1n) is 10.4. The van der Waals surface area contributed by atoms with Gasteiger partial charge in [0.25, 0.3) is 0 Å². The van der Waals surface area contributed by atoms with Crippen molar-refractivity contribution in [2.24, 2.45) is 5.92 Å². The van der Waals surface area contributed by atoms with Crippen LogP contribution in [0.3, 0.4) is 0 Å². The minimum Gasteiger partial charge on any atom is -0.493 e. The molecule has 0 saturated carbocycles. The number of aromatic amines is 1. The first-order chi connectivity index (χ1) is 15.3. The number of piperidine rings is 1. The molecule has 160 valence electrons. The summed E-state index contributed by atoms with van der Waals surface area (Å²) >= 11 is 0. The highest BCUT2D eigenvalue weighted by Crippen LogP contribution is 2.38. The van der Waals surface area contributed by atoms with Crippen molar-refractivity contribution >= 4 is 11.6 Å². The molecule has 2 aromatic heterocycles. The highest BCUT2D eigenvalue weighted by molar-refractivity contribution is 5.76. The summed E-state index contributed by atoms with van der Waals surface area (Å²) in [5, 5.41) is 22.8. The SMILES string of the molecule is CCOc1cccc(OC[C@H]2CCCNC2)c1-c1cc(Nc2cnc(C#N)cn2)n[nH]1. The van der Waals surface area contributed by atoms with E-state index in [9.17, 15) is 0 Å². The summed E-state index contributed by atoms with van der Waals surface area (Å²) in [6.45, 7) is 5.20.